The van der Waals surface area contributed by atoms with Crippen molar-refractivity contribution in [1.82, 2.24) is 9.55 Å². The number of aliphatic hydroxyl groups excluding tert-OH is 1. The van der Waals surface area contributed by atoms with Gasteiger partial charge in [0.1, 0.15) is 36.6 Å². The van der Waals surface area contributed by atoms with E-state index in [1.807, 2.05) is 41.0 Å². The van der Waals surface area contributed by atoms with Crippen LogP contribution in [0.2, 0.25) is 0 Å². The first-order valence-electron chi connectivity index (χ1n) is 11.9. The Morgan fingerprint density at radius 2 is 1.59 bits per heavy atom. The smallest absolute Gasteiger partial charge is 0.148 e. The van der Waals surface area contributed by atoms with Crippen molar-refractivity contribution in [2.45, 2.75) is 59.8 Å². The fraction of sp³-hybridized carbons (Fsp3) is 0.345. The molecule has 178 valence electrons. The van der Waals surface area contributed by atoms with E-state index < -0.39 is 6.10 Å². The van der Waals surface area contributed by atoms with Crippen molar-refractivity contribution in [3.8, 4) is 11.5 Å². The van der Waals surface area contributed by atoms with Crippen LogP contribution in [0.3, 0.4) is 0 Å². The lowest BCUT2D eigenvalue weighted by Crippen LogP contribution is -2.25. The summed E-state index contributed by atoms with van der Waals surface area (Å²) in [6.07, 6.45) is -0.691. The summed E-state index contributed by atoms with van der Waals surface area (Å²) in [5.41, 5.74) is 6.56. The number of hydrogen-bond donors (Lipinski definition) is 1. The van der Waals surface area contributed by atoms with Crippen molar-refractivity contribution in [3.63, 3.8) is 0 Å². The summed E-state index contributed by atoms with van der Waals surface area (Å²) in [6, 6.07) is 20.3. The average Bonchev–Trinajstić information content (AvgIpc) is 3.14. The van der Waals surface area contributed by atoms with Crippen LogP contribution in [0.25, 0.3) is 11.0 Å². The molecule has 0 spiro atoms. The molecule has 0 aliphatic heterocycles. The van der Waals surface area contributed by atoms with Gasteiger partial charge in [0.25, 0.3) is 0 Å². The number of benzene rings is 3. The zero-order valence-electron chi connectivity index (χ0n) is 20.7. The van der Waals surface area contributed by atoms with Crippen molar-refractivity contribution in [2.24, 2.45) is 0 Å². The molecule has 5 nitrogen and oxygen atoms in total. The predicted octanol–water partition coefficient (Wildman–Crippen LogP) is 6.10. The summed E-state index contributed by atoms with van der Waals surface area (Å²) in [6.45, 7) is 11.4. The molecule has 0 amide bonds. The molecule has 0 saturated heterocycles. The Morgan fingerprint density at radius 1 is 0.912 bits per heavy atom. The predicted molar refractivity (Wildman–Crippen MR) is 137 cm³/mol. The molecular formula is C29H34N2O3. The van der Waals surface area contributed by atoms with Gasteiger partial charge in [-0.1, -0.05) is 55.8 Å². The SMILES string of the molecule is Cc1cc(C)c(OCc2nc3ccccc3n2CC(O)COc2ccc(C(C)C)cc2)c(C)c1. The normalized spacial score (nSPS) is 12.3. The van der Waals surface area contributed by atoms with E-state index >= 15 is 0 Å². The lowest BCUT2D eigenvalue weighted by atomic mass is 10.0. The number of hydrogen-bond acceptors (Lipinski definition) is 4. The van der Waals surface area contributed by atoms with E-state index in [1.54, 1.807) is 0 Å². The Bertz CT molecular complexity index is 1240. The van der Waals surface area contributed by atoms with Crippen LogP contribution < -0.4 is 9.47 Å². The maximum absolute atomic E-state index is 10.8. The highest BCUT2D eigenvalue weighted by molar-refractivity contribution is 5.75. The number of aryl methyl sites for hydroxylation is 3. The highest BCUT2D eigenvalue weighted by atomic mass is 16.5. The maximum Gasteiger partial charge on any atom is 0.148 e. The van der Waals surface area contributed by atoms with Gasteiger partial charge in [-0.2, -0.15) is 0 Å². The molecule has 0 radical (unpaired) electrons. The zero-order valence-corrected chi connectivity index (χ0v) is 20.7. The molecule has 0 aliphatic rings. The number of imidazole rings is 1. The topological polar surface area (TPSA) is 56.5 Å². The van der Waals surface area contributed by atoms with Gasteiger partial charge in [-0.25, -0.2) is 4.98 Å². The minimum atomic E-state index is -0.691. The van der Waals surface area contributed by atoms with Crippen molar-refractivity contribution in [3.05, 3.63) is 88.7 Å². The second kappa shape index (κ2) is 10.3. The first-order valence-corrected chi connectivity index (χ1v) is 11.9. The third-order valence-corrected chi connectivity index (χ3v) is 6.07. The maximum atomic E-state index is 10.8. The zero-order chi connectivity index (χ0) is 24.2. The van der Waals surface area contributed by atoms with Crippen LogP contribution in [0.4, 0.5) is 0 Å². The van der Waals surface area contributed by atoms with Gasteiger partial charge in [0.2, 0.25) is 0 Å². The number of rotatable bonds is 9. The molecule has 0 fully saturated rings. The minimum Gasteiger partial charge on any atom is -0.491 e. The van der Waals surface area contributed by atoms with Crippen LogP contribution in [-0.4, -0.2) is 27.4 Å². The molecule has 1 unspecified atom stereocenters. The molecule has 0 aliphatic carbocycles. The second-order valence-corrected chi connectivity index (χ2v) is 9.33. The standard InChI is InChI=1S/C29H34N2O3/c1-19(2)23-10-12-25(13-11-23)33-17-24(32)16-31-27-9-7-6-8-26(27)30-28(31)18-34-29-21(4)14-20(3)15-22(29)5/h6-15,19,24,32H,16-18H2,1-5H3. The first-order chi connectivity index (χ1) is 16.3. The van der Waals surface area contributed by atoms with Crippen molar-refractivity contribution < 1.29 is 14.6 Å². The van der Waals surface area contributed by atoms with E-state index in [0.29, 0.717) is 19.1 Å². The molecule has 1 atom stereocenters. The van der Waals surface area contributed by atoms with Crippen molar-refractivity contribution in [2.75, 3.05) is 6.61 Å². The summed E-state index contributed by atoms with van der Waals surface area (Å²) < 4.78 is 14.1. The molecular weight excluding hydrogens is 424 g/mol. The molecule has 0 saturated carbocycles. The molecule has 4 aromatic rings. The Hall–Kier alpha value is -3.31. The highest BCUT2D eigenvalue weighted by Gasteiger charge is 2.16. The lowest BCUT2D eigenvalue weighted by Gasteiger charge is -2.17. The van der Waals surface area contributed by atoms with Crippen LogP contribution in [0.1, 0.15) is 47.8 Å². The van der Waals surface area contributed by atoms with E-state index in [1.165, 1.54) is 11.1 Å². The number of aromatic nitrogens is 2. The van der Waals surface area contributed by atoms with Gasteiger partial charge in [0, 0.05) is 0 Å². The van der Waals surface area contributed by atoms with Gasteiger partial charge in [0.15, 0.2) is 0 Å². The molecule has 1 aromatic heterocycles. The fourth-order valence-electron chi connectivity index (χ4n) is 4.38. The van der Waals surface area contributed by atoms with Crippen LogP contribution in [0.5, 0.6) is 11.5 Å². The van der Waals surface area contributed by atoms with E-state index in [2.05, 4.69) is 58.9 Å². The van der Waals surface area contributed by atoms with E-state index in [-0.39, 0.29) is 6.61 Å². The van der Waals surface area contributed by atoms with Gasteiger partial charge < -0.3 is 19.1 Å². The summed E-state index contributed by atoms with van der Waals surface area (Å²) in [7, 11) is 0. The number of para-hydroxylation sites is 2. The van der Waals surface area contributed by atoms with Gasteiger partial charge in [-0.3, -0.25) is 0 Å². The van der Waals surface area contributed by atoms with Crippen molar-refractivity contribution in [1.29, 1.82) is 0 Å². The number of fused-ring (bicyclic) bond motifs is 1. The van der Waals surface area contributed by atoms with Crippen LogP contribution >= 0.6 is 0 Å². The molecule has 34 heavy (non-hydrogen) atoms. The van der Waals surface area contributed by atoms with Crippen LogP contribution in [0, 0.1) is 20.8 Å². The van der Waals surface area contributed by atoms with E-state index in [0.717, 1.165) is 39.5 Å². The molecule has 5 heteroatoms. The summed E-state index contributed by atoms with van der Waals surface area (Å²) in [5.74, 6) is 2.90. The van der Waals surface area contributed by atoms with Crippen LogP contribution in [0.15, 0.2) is 60.7 Å². The average molecular weight is 459 g/mol. The third-order valence-electron chi connectivity index (χ3n) is 6.07. The second-order valence-electron chi connectivity index (χ2n) is 9.33. The van der Waals surface area contributed by atoms with Gasteiger partial charge in [-0.05, 0) is 67.6 Å². The molecule has 1 N–H and O–H groups in total. The molecule has 0 bridgehead atoms. The number of aliphatic hydroxyl groups is 1. The summed E-state index contributed by atoms with van der Waals surface area (Å²) >= 11 is 0. The molecule has 1 heterocycles. The van der Waals surface area contributed by atoms with Gasteiger partial charge in [0.05, 0.1) is 17.6 Å². The Morgan fingerprint density at radius 3 is 2.26 bits per heavy atom. The quantitative estimate of drug-likeness (QED) is 0.329. The Balaban J connectivity index is 1.48. The molecule has 4 rings (SSSR count). The van der Waals surface area contributed by atoms with Gasteiger partial charge >= 0.3 is 0 Å². The van der Waals surface area contributed by atoms with Crippen molar-refractivity contribution >= 4 is 11.0 Å². The third kappa shape index (κ3) is 5.42. The van der Waals surface area contributed by atoms with Gasteiger partial charge in [-0.15, -0.1) is 0 Å². The van der Waals surface area contributed by atoms with E-state index in [4.69, 9.17) is 14.5 Å². The Labute approximate surface area is 202 Å². The number of nitrogens with zero attached hydrogens (tertiary/aromatic N) is 2. The lowest BCUT2D eigenvalue weighted by molar-refractivity contribution is 0.0917. The highest BCUT2D eigenvalue weighted by Crippen LogP contribution is 2.26. The largest absolute Gasteiger partial charge is 0.491 e. The fourth-order valence-corrected chi connectivity index (χ4v) is 4.38. The Kier molecular flexibility index (Phi) is 7.23. The molecule has 3 aromatic carbocycles. The van der Waals surface area contributed by atoms with E-state index in [9.17, 15) is 5.11 Å². The monoisotopic (exact) mass is 458 g/mol. The summed E-state index contributed by atoms with van der Waals surface area (Å²) in [4.78, 5) is 4.79. The number of ether oxygens (including phenoxy) is 2. The summed E-state index contributed by atoms with van der Waals surface area (Å²) in [5, 5.41) is 10.8. The first kappa shape index (κ1) is 23.8. The minimum absolute atomic E-state index is 0.198. The van der Waals surface area contributed by atoms with Crippen LogP contribution in [-0.2, 0) is 13.2 Å².